The third-order valence-electron chi connectivity index (χ3n) is 4.66. The van der Waals surface area contributed by atoms with Crippen LogP contribution in [0.5, 0.6) is 0 Å². The maximum Gasteiger partial charge on any atom is 0.260 e. The molecule has 3 aromatic heterocycles. The molecule has 4 heterocycles. The van der Waals surface area contributed by atoms with Crippen LogP contribution in [0, 0.1) is 0 Å². The van der Waals surface area contributed by atoms with Crippen molar-refractivity contribution in [3.05, 3.63) is 46.3 Å². The van der Waals surface area contributed by atoms with Crippen molar-refractivity contribution >= 4 is 23.2 Å². The van der Waals surface area contributed by atoms with Gasteiger partial charge in [0, 0.05) is 51.2 Å². The molecule has 1 aliphatic heterocycles. The van der Waals surface area contributed by atoms with E-state index in [4.69, 9.17) is 0 Å². The van der Waals surface area contributed by atoms with Gasteiger partial charge in [0.1, 0.15) is 12.4 Å². The first-order valence-corrected chi connectivity index (χ1v) is 8.89. The molecule has 27 heavy (non-hydrogen) atoms. The zero-order valence-electron chi connectivity index (χ0n) is 15.6. The summed E-state index contributed by atoms with van der Waals surface area (Å²) >= 11 is 0. The zero-order valence-corrected chi connectivity index (χ0v) is 15.6. The minimum atomic E-state index is -0.0422. The number of hydrogen-bond donors (Lipinski definition) is 0. The van der Waals surface area contributed by atoms with Gasteiger partial charge in [0.25, 0.3) is 5.56 Å². The normalized spacial score (nSPS) is 13.1. The first kappa shape index (κ1) is 17.2. The number of amides is 1. The third-order valence-corrected chi connectivity index (χ3v) is 4.66. The van der Waals surface area contributed by atoms with Crippen molar-refractivity contribution in [3.8, 4) is 0 Å². The fraction of sp³-hybridized carbons (Fsp3) is 0.389. The van der Waals surface area contributed by atoms with E-state index in [1.807, 2.05) is 17.5 Å². The van der Waals surface area contributed by atoms with Crippen molar-refractivity contribution in [2.45, 2.75) is 32.9 Å². The van der Waals surface area contributed by atoms with Gasteiger partial charge in [0.2, 0.25) is 11.7 Å². The molecule has 0 spiro atoms. The van der Waals surface area contributed by atoms with Crippen molar-refractivity contribution in [2.75, 3.05) is 14.1 Å². The van der Waals surface area contributed by atoms with Gasteiger partial charge in [-0.3, -0.25) is 23.2 Å². The number of aliphatic imine (C=N–C) groups is 1. The molecule has 0 fully saturated rings. The number of carbonyl (C=O) groups excluding carboxylic acids is 1. The molecule has 9 heteroatoms. The van der Waals surface area contributed by atoms with E-state index in [1.165, 1.54) is 4.90 Å². The average molecular weight is 367 g/mol. The second-order valence-corrected chi connectivity index (χ2v) is 6.81. The maximum absolute atomic E-state index is 12.9. The van der Waals surface area contributed by atoms with Gasteiger partial charge in [-0.2, -0.15) is 5.10 Å². The van der Waals surface area contributed by atoms with E-state index in [1.54, 1.807) is 41.9 Å². The predicted molar refractivity (Wildman–Crippen MR) is 101 cm³/mol. The van der Waals surface area contributed by atoms with E-state index >= 15 is 0 Å². The van der Waals surface area contributed by atoms with Crippen molar-refractivity contribution in [2.24, 2.45) is 4.99 Å². The maximum atomic E-state index is 12.9. The highest BCUT2D eigenvalue weighted by atomic mass is 16.2. The Morgan fingerprint density at radius 3 is 2.89 bits per heavy atom. The van der Waals surface area contributed by atoms with Gasteiger partial charge in [-0.25, -0.2) is 9.98 Å². The summed E-state index contributed by atoms with van der Waals surface area (Å²) in [6.45, 7) is 2.82. The van der Waals surface area contributed by atoms with Crippen molar-refractivity contribution < 1.29 is 4.79 Å². The van der Waals surface area contributed by atoms with Gasteiger partial charge >= 0.3 is 0 Å². The van der Waals surface area contributed by atoms with Gasteiger partial charge in [-0.1, -0.05) is 6.92 Å². The van der Waals surface area contributed by atoms with E-state index < -0.39 is 0 Å². The van der Waals surface area contributed by atoms with Gasteiger partial charge in [-0.05, 0) is 6.42 Å². The summed E-state index contributed by atoms with van der Waals surface area (Å²) in [5, 5.41) is 4.25. The van der Waals surface area contributed by atoms with Gasteiger partial charge < -0.3 is 4.90 Å². The third kappa shape index (κ3) is 2.84. The first-order valence-electron chi connectivity index (χ1n) is 8.89. The van der Waals surface area contributed by atoms with E-state index in [-0.39, 0.29) is 18.0 Å². The molecule has 0 atom stereocenters. The lowest BCUT2D eigenvalue weighted by atomic mass is 10.1. The van der Waals surface area contributed by atoms with Gasteiger partial charge in [-0.15, -0.1) is 0 Å². The summed E-state index contributed by atoms with van der Waals surface area (Å²) in [6.07, 6.45) is 8.27. The Hall–Kier alpha value is -3.23. The summed E-state index contributed by atoms with van der Waals surface area (Å²) in [7, 11) is 3.42. The Morgan fingerprint density at radius 1 is 1.33 bits per heavy atom. The molecule has 4 rings (SSSR count). The number of nitrogens with zero attached hydrogens (tertiary/aromatic N) is 7. The summed E-state index contributed by atoms with van der Waals surface area (Å²) in [5.74, 6) is 1.20. The summed E-state index contributed by atoms with van der Waals surface area (Å²) in [4.78, 5) is 35.3. The molecule has 0 aliphatic carbocycles. The number of imidazole rings is 1. The molecule has 0 radical (unpaired) electrons. The molecular formula is C18H21N7O2. The SMILES string of the molecule is CCCn1c(=O)c2c(n3ccnc13)N=C(c1cnn(CC(=O)N(C)C)c1)C2. The largest absolute Gasteiger partial charge is 0.347 e. The van der Waals surface area contributed by atoms with E-state index in [0.717, 1.165) is 17.7 Å². The van der Waals surface area contributed by atoms with Crippen LogP contribution >= 0.6 is 0 Å². The molecule has 9 nitrogen and oxygen atoms in total. The van der Waals surface area contributed by atoms with E-state index in [2.05, 4.69) is 15.1 Å². The van der Waals surface area contributed by atoms with Crippen LogP contribution in [0.3, 0.4) is 0 Å². The molecule has 0 saturated carbocycles. The molecule has 0 saturated heterocycles. The van der Waals surface area contributed by atoms with Crippen LogP contribution in [0.2, 0.25) is 0 Å². The molecule has 0 bridgehead atoms. The van der Waals surface area contributed by atoms with Crippen LogP contribution in [0.15, 0.2) is 34.6 Å². The smallest absolute Gasteiger partial charge is 0.260 e. The molecule has 0 unspecified atom stereocenters. The number of likely N-dealkylation sites (N-methyl/N-ethyl adjacent to an activating group) is 1. The second-order valence-electron chi connectivity index (χ2n) is 6.81. The monoisotopic (exact) mass is 367 g/mol. The number of fused-ring (bicyclic) bond motifs is 3. The first-order chi connectivity index (χ1) is 13.0. The molecule has 0 N–H and O–H groups in total. The number of hydrogen-bond acceptors (Lipinski definition) is 5. The lowest BCUT2D eigenvalue weighted by molar-refractivity contribution is -0.129. The van der Waals surface area contributed by atoms with Crippen molar-refractivity contribution in [1.82, 2.24) is 28.6 Å². The topological polar surface area (TPSA) is 89.8 Å². The number of aromatic nitrogens is 5. The number of carbonyl (C=O) groups is 1. The lowest BCUT2D eigenvalue weighted by Crippen LogP contribution is -2.26. The quantitative estimate of drug-likeness (QED) is 0.669. The van der Waals surface area contributed by atoms with Crippen LogP contribution in [-0.4, -0.2) is 54.3 Å². The van der Waals surface area contributed by atoms with Crippen LogP contribution in [-0.2, 0) is 24.3 Å². The van der Waals surface area contributed by atoms with Gasteiger partial charge in [0.15, 0.2) is 0 Å². The van der Waals surface area contributed by atoms with Crippen LogP contribution in [0.1, 0.15) is 24.5 Å². The number of rotatable bonds is 5. The minimum absolute atomic E-state index is 0.0381. The summed E-state index contributed by atoms with van der Waals surface area (Å²) in [6, 6.07) is 0. The zero-order chi connectivity index (χ0) is 19.1. The summed E-state index contributed by atoms with van der Waals surface area (Å²) < 4.78 is 5.15. The van der Waals surface area contributed by atoms with Crippen molar-refractivity contribution in [3.63, 3.8) is 0 Å². The Bertz CT molecular complexity index is 1120. The Labute approximate surface area is 155 Å². The fourth-order valence-corrected chi connectivity index (χ4v) is 3.24. The van der Waals surface area contributed by atoms with Crippen LogP contribution in [0.25, 0.3) is 5.78 Å². The molecule has 1 aliphatic rings. The lowest BCUT2D eigenvalue weighted by Gasteiger charge is -2.09. The average Bonchev–Trinajstić information content (AvgIpc) is 3.36. The summed E-state index contributed by atoms with van der Waals surface area (Å²) in [5.41, 5.74) is 2.21. The Morgan fingerprint density at radius 2 is 2.15 bits per heavy atom. The Balaban J connectivity index is 1.71. The highest BCUT2D eigenvalue weighted by molar-refractivity contribution is 6.05. The predicted octanol–water partition coefficient (Wildman–Crippen LogP) is 0.868. The fourth-order valence-electron chi connectivity index (χ4n) is 3.24. The number of aryl methyl sites for hydroxylation is 1. The molecule has 0 aromatic carbocycles. The second kappa shape index (κ2) is 6.49. The molecule has 3 aromatic rings. The van der Waals surface area contributed by atoms with Gasteiger partial charge in [0.05, 0.1) is 17.5 Å². The standard InChI is InChI=1S/C18H21N7O2/c1-4-6-25-17(27)13-8-14(21-16(13)24-7-5-19-18(24)25)12-9-20-23(10-12)11-15(26)22(2)3/h5,7,9-10H,4,6,8,11H2,1-3H3. The highest BCUT2D eigenvalue weighted by Gasteiger charge is 2.25. The highest BCUT2D eigenvalue weighted by Crippen LogP contribution is 2.27. The van der Waals surface area contributed by atoms with E-state index in [9.17, 15) is 9.59 Å². The van der Waals surface area contributed by atoms with Crippen molar-refractivity contribution in [1.29, 1.82) is 0 Å². The van der Waals surface area contributed by atoms with Crippen LogP contribution in [0.4, 0.5) is 5.82 Å². The van der Waals surface area contributed by atoms with Crippen LogP contribution < -0.4 is 5.56 Å². The molecule has 140 valence electrons. The molecule has 1 amide bonds. The van der Waals surface area contributed by atoms with E-state index in [0.29, 0.717) is 30.1 Å². The molecular weight excluding hydrogens is 346 g/mol. The minimum Gasteiger partial charge on any atom is -0.347 e. The Kier molecular flexibility index (Phi) is 4.14.